The van der Waals surface area contributed by atoms with Gasteiger partial charge in [0.15, 0.2) is 5.78 Å². The van der Waals surface area contributed by atoms with Crippen molar-refractivity contribution in [3.05, 3.63) is 111 Å². The Hall–Kier alpha value is -4.31. The van der Waals surface area contributed by atoms with E-state index in [1.165, 1.54) is 52.6 Å². The average Bonchev–Trinajstić information content (AvgIpc) is 3.47. The Balaban J connectivity index is 1.82. The molecule has 3 aromatic rings. The fourth-order valence-electron chi connectivity index (χ4n) is 5.64. The second-order valence-electron chi connectivity index (χ2n) is 9.60. The van der Waals surface area contributed by atoms with Crippen molar-refractivity contribution in [2.24, 2.45) is 11.7 Å². The first-order chi connectivity index (χ1) is 19.8. The summed E-state index contributed by atoms with van der Waals surface area (Å²) in [6.45, 7) is 3.35. The van der Waals surface area contributed by atoms with Gasteiger partial charge in [-0.1, -0.05) is 24.3 Å². The van der Waals surface area contributed by atoms with E-state index >= 15 is 0 Å². The number of benzene rings is 2. The summed E-state index contributed by atoms with van der Waals surface area (Å²) in [5.74, 6) is -6.27. The first-order valence-corrected chi connectivity index (χ1v) is 14.1. The third-order valence-electron chi connectivity index (χ3n) is 7.23. The highest BCUT2D eigenvalue weighted by atomic mass is 32.1. The van der Waals surface area contributed by atoms with Gasteiger partial charge in [0.25, 0.3) is 0 Å². The van der Waals surface area contributed by atoms with Gasteiger partial charge in [0.05, 0.1) is 30.4 Å². The lowest BCUT2D eigenvalue weighted by Gasteiger charge is -2.43. The number of rotatable bonds is 7. The number of hydrogen-bond acceptors (Lipinski definition) is 8. The predicted octanol–water partition coefficient (Wildman–Crippen LogP) is 5.55. The molecule has 0 bridgehead atoms. The summed E-state index contributed by atoms with van der Waals surface area (Å²) in [6.07, 6.45) is 0.143. The molecule has 41 heavy (non-hydrogen) atoms. The van der Waals surface area contributed by atoms with Crippen LogP contribution in [-0.4, -0.2) is 30.9 Å². The molecule has 0 spiro atoms. The van der Waals surface area contributed by atoms with Crippen LogP contribution in [0.1, 0.15) is 42.5 Å². The normalized spacial score (nSPS) is 20.6. The largest absolute Gasteiger partial charge is 0.465 e. The average molecular weight is 579 g/mol. The topological polar surface area (TPSA) is 98.9 Å². The summed E-state index contributed by atoms with van der Waals surface area (Å²) in [6, 6.07) is 14.8. The van der Waals surface area contributed by atoms with Gasteiger partial charge in [-0.25, -0.2) is 13.6 Å². The number of esters is 2. The second kappa shape index (κ2) is 11.7. The highest BCUT2D eigenvalue weighted by molar-refractivity contribution is 7.10. The minimum atomic E-state index is -1.22. The van der Waals surface area contributed by atoms with E-state index in [0.29, 0.717) is 5.70 Å². The zero-order valence-electron chi connectivity index (χ0n) is 22.4. The quantitative estimate of drug-likeness (QED) is 0.290. The number of ether oxygens (including phenoxy) is 2. The lowest BCUT2D eigenvalue weighted by molar-refractivity contribution is -0.152. The zero-order chi connectivity index (χ0) is 29.3. The number of allylic oxidation sites excluding steroid dienone is 2. The van der Waals surface area contributed by atoms with Crippen LogP contribution >= 0.6 is 11.3 Å². The summed E-state index contributed by atoms with van der Waals surface area (Å²) < 4.78 is 39.8. The van der Waals surface area contributed by atoms with E-state index in [1.54, 1.807) is 26.0 Å². The third kappa shape index (κ3) is 5.15. The minimum Gasteiger partial charge on any atom is -0.465 e. The van der Waals surface area contributed by atoms with E-state index in [1.807, 2.05) is 17.5 Å². The summed E-state index contributed by atoms with van der Waals surface area (Å²) in [5.41, 5.74) is 7.65. The molecule has 1 aliphatic carbocycles. The summed E-state index contributed by atoms with van der Waals surface area (Å²) in [5, 5.41) is 1.85. The maximum atomic E-state index is 14.6. The summed E-state index contributed by atoms with van der Waals surface area (Å²) in [7, 11) is 0. The van der Waals surface area contributed by atoms with E-state index in [9.17, 15) is 23.2 Å². The maximum Gasteiger partial charge on any atom is 0.338 e. The number of nitrogens with two attached hydrogens (primary N) is 1. The lowest BCUT2D eigenvalue weighted by atomic mass is 9.68. The van der Waals surface area contributed by atoms with Crippen molar-refractivity contribution in [3.63, 3.8) is 0 Å². The number of halogens is 2. The second-order valence-corrected chi connectivity index (χ2v) is 10.6. The maximum absolute atomic E-state index is 14.6. The van der Waals surface area contributed by atoms with Crippen LogP contribution in [0.4, 0.5) is 14.5 Å². The Labute approximate surface area is 239 Å². The molecule has 0 saturated heterocycles. The first-order valence-electron chi connectivity index (χ1n) is 13.2. The molecule has 0 amide bonds. The monoisotopic (exact) mass is 578 g/mol. The Morgan fingerprint density at radius 2 is 1.71 bits per heavy atom. The SMILES string of the molecule is CCOC(=O)C1=C(N)N(c2cccc(F)c2)C2=C(C(=O)[C@H](C(=O)OCC)[C@H](c3cccs3)C2)[C@@H]1c1cccc(F)c1. The van der Waals surface area contributed by atoms with Crippen LogP contribution in [0.5, 0.6) is 0 Å². The van der Waals surface area contributed by atoms with Crippen molar-refractivity contribution in [3.8, 4) is 0 Å². The highest BCUT2D eigenvalue weighted by Crippen LogP contribution is 2.52. The van der Waals surface area contributed by atoms with Gasteiger partial charge in [-0.05, 0) is 67.6 Å². The van der Waals surface area contributed by atoms with E-state index in [-0.39, 0.29) is 47.9 Å². The van der Waals surface area contributed by atoms with Gasteiger partial charge in [0.2, 0.25) is 0 Å². The van der Waals surface area contributed by atoms with Gasteiger partial charge in [-0.2, -0.15) is 0 Å². The summed E-state index contributed by atoms with van der Waals surface area (Å²) >= 11 is 1.39. The number of thiophene rings is 1. The molecule has 2 aliphatic rings. The molecule has 2 aromatic carbocycles. The molecule has 7 nitrogen and oxygen atoms in total. The number of nitrogens with zero attached hydrogens (tertiary/aromatic N) is 1. The number of hydrogen-bond donors (Lipinski definition) is 1. The van der Waals surface area contributed by atoms with Crippen molar-refractivity contribution >= 4 is 34.7 Å². The van der Waals surface area contributed by atoms with Crippen LogP contribution in [0.3, 0.4) is 0 Å². The minimum absolute atomic E-state index is 0.0111. The van der Waals surface area contributed by atoms with Crippen LogP contribution in [0.15, 0.2) is 88.7 Å². The van der Waals surface area contributed by atoms with Gasteiger partial charge >= 0.3 is 11.9 Å². The number of carbonyl (C=O) groups is 3. The molecule has 2 heterocycles. The van der Waals surface area contributed by atoms with Crippen molar-refractivity contribution in [1.82, 2.24) is 0 Å². The van der Waals surface area contributed by atoms with Crippen LogP contribution in [-0.2, 0) is 23.9 Å². The molecule has 3 atom stereocenters. The van der Waals surface area contributed by atoms with Crippen LogP contribution < -0.4 is 10.6 Å². The Kier molecular flexibility index (Phi) is 8.03. The molecule has 10 heteroatoms. The van der Waals surface area contributed by atoms with Gasteiger partial charge < -0.3 is 15.2 Å². The molecule has 2 N–H and O–H groups in total. The van der Waals surface area contributed by atoms with E-state index in [2.05, 4.69) is 0 Å². The number of ketones is 1. The number of Topliss-reactive ketones (excluding diaryl/α,β-unsaturated/α-hetero) is 1. The van der Waals surface area contributed by atoms with Gasteiger partial charge in [-0.3, -0.25) is 14.5 Å². The predicted molar refractivity (Wildman–Crippen MR) is 150 cm³/mol. The van der Waals surface area contributed by atoms with Crippen molar-refractivity contribution in [2.45, 2.75) is 32.1 Å². The van der Waals surface area contributed by atoms with Gasteiger partial charge in [0.1, 0.15) is 23.4 Å². The molecule has 0 fully saturated rings. The molecule has 0 radical (unpaired) electrons. The van der Waals surface area contributed by atoms with Crippen molar-refractivity contribution in [1.29, 1.82) is 0 Å². The van der Waals surface area contributed by atoms with Crippen LogP contribution in [0, 0.1) is 17.6 Å². The lowest BCUT2D eigenvalue weighted by Crippen LogP contribution is -2.46. The van der Waals surface area contributed by atoms with Crippen LogP contribution in [0.2, 0.25) is 0 Å². The number of carbonyl (C=O) groups excluding carboxylic acids is 3. The molecule has 0 saturated carbocycles. The molecule has 212 valence electrons. The third-order valence-corrected chi connectivity index (χ3v) is 8.24. The van der Waals surface area contributed by atoms with Crippen LogP contribution in [0.25, 0.3) is 0 Å². The van der Waals surface area contributed by atoms with E-state index < -0.39 is 47.1 Å². The van der Waals surface area contributed by atoms with Gasteiger partial charge in [0, 0.05) is 22.1 Å². The van der Waals surface area contributed by atoms with Crippen molar-refractivity contribution in [2.75, 3.05) is 18.1 Å². The smallest absolute Gasteiger partial charge is 0.338 e. The molecular formula is C31H28F2N2O5S. The fourth-order valence-corrected chi connectivity index (χ4v) is 6.50. The molecular weight excluding hydrogens is 550 g/mol. The van der Waals surface area contributed by atoms with E-state index in [0.717, 1.165) is 4.88 Å². The number of anilines is 1. The molecule has 1 aliphatic heterocycles. The molecule has 5 rings (SSSR count). The molecule has 0 unspecified atom stereocenters. The Morgan fingerprint density at radius 1 is 1.00 bits per heavy atom. The highest BCUT2D eigenvalue weighted by Gasteiger charge is 2.51. The molecule has 1 aromatic heterocycles. The van der Waals surface area contributed by atoms with Crippen molar-refractivity contribution < 1.29 is 32.6 Å². The van der Waals surface area contributed by atoms with E-state index in [4.69, 9.17) is 15.2 Å². The summed E-state index contributed by atoms with van der Waals surface area (Å²) in [4.78, 5) is 43.7. The van der Waals surface area contributed by atoms with Gasteiger partial charge in [-0.15, -0.1) is 11.3 Å². The standard InChI is InChI=1S/C31H28F2N2O5S/c1-3-39-30(37)25-21(23-12-7-13-41-23)16-22-26(28(25)36)24(17-8-5-9-18(32)14-17)27(31(38)40-4-2)29(34)35(22)20-11-6-10-19(33)15-20/h5-15,21,24-25H,3-4,16,34H2,1-2H3/t21-,24-,25+/m0/s1. The fraction of sp³-hybridized carbons (Fsp3) is 0.258. The first kappa shape index (κ1) is 28.2. The zero-order valence-corrected chi connectivity index (χ0v) is 23.3. The Bertz CT molecular complexity index is 1570. The Morgan fingerprint density at radius 3 is 2.34 bits per heavy atom.